The summed E-state index contributed by atoms with van der Waals surface area (Å²) < 4.78 is 26.0. The van der Waals surface area contributed by atoms with E-state index in [4.69, 9.17) is 25.9 Å². The molecular formula is C28H30FN7O2. The van der Waals surface area contributed by atoms with Crippen LogP contribution >= 0.6 is 0 Å². The molecular weight excluding hydrogens is 485 g/mol. The van der Waals surface area contributed by atoms with Gasteiger partial charge in [0, 0.05) is 37.5 Å². The Hall–Kier alpha value is -4.20. The largest absolute Gasteiger partial charge is 0.494 e. The lowest BCUT2D eigenvalue weighted by molar-refractivity contribution is 0.0488. The van der Waals surface area contributed by atoms with Gasteiger partial charge in [0.15, 0.2) is 0 Å². The lowest BCUT2D eigenvalue weighted by atomic mass is 9.97. The Bertz CT molecular complexity index is 1510. The van der Waals surface area contributed by atoms with Crippen LogP contribution in [0.15, 0.2) is 36.5 Å². The molecule has 5 N–H and O–H groups in total. The second-order valence-corrected chi connectivity index (χ2v) is 9.44. The monoisotopic (exact) mass is 515 g/mol. The van der Waals surface area contributed by atoms with Crippen molar-refractivity contribution in [1.29, 1.82) is 5.26 Å². The number of aromatic amines is 1. The summed E-state index contributed by atoms with van der Waals surface area (Å²) in [6, 6.07) is 10.4. The van der Waals surface area contributed by atoms with Crippen molar-refractivity contribution >= 4 is 22.5 Å². The smallest absolute Gasteiger partial charge is 0.148 e. The highest BCUT2D eigenvalue weighted by molar-refractivity contribution is 5.96. The number of hydrogen-bond donors (Lipinski definition) is 3. The molecule has 0 spiro atoms. The van der Waals surface area contributed by atoms with Crippen LogP contribution in [0.4, 0.5) is 15.9 Å². The van der Waals surface area contributed by atoms with Gasteiger partial charge in [0.2, 0.25) is 0 Å². The van der Waals surface area contributed by atoms with E-state index in [2.05, 4.69) is 20.9 Å². The maximum atomic E-state index is 14.5. The number of nitrogens with two attached hydrogens (primary N) is 2. The van der Waals surface area contributed by atoms with Crippen LogP contribution in [0.2, 0.25) is 0 Å². The number of nitrogens with one attached hydrogen (secondary N) is 1. The maximum Gasteiger partial charge on any atom is 0.148 e. The number of pyridine rings is 1. The molecule has 0 aliphatic carbocycles. The molecule has 196 valence electrons. The molecule has 3 heterocycles. The van der Waals surface area contributed by atoms with Crippen LogP contribution in [-0.2, 0) is 4.74 Å². The molecule has 1 fully saturated rings. The van der Waals surface area contributed by atoms with E-state index in [0.717, 1.165) is 36.2 Å². The normalized spacial score (nSPS) is 15.6. The van der Waals surface area contributed by atoms with Gasteiger partial charge in [-0.1, -0.05) is 6.07 Å². The predicted octanol–water partition coefficient (Wildman–Crippen LogP) is 4.15. The van der Waals surface area contributed by atoms with Crippen molar-refractivity contribution in [3.05, 3.63) is 53.5 Å². The summed E-state index contributed by atoms with van der Waals surface area (Å²) in [5.41, 5.74) is 17.5. The van der Waals surface area contributed by atoms with Gasteiger partial charge in [-0.05, 0) is 49.1 Å². The van der Waals surface area contributed by atoms with Crippen molar-refractivity contribution < 1.29 is 13.9 Å². The van der Waals surface area contributed by atoms with E-state index in [1.807, 2.05) is 13.0 Å². The Morgan fingerprint density at radius 2 is 2.11 bits per heavy atom. The Labute approximate surface area is 220 Å². The number of ether oxygens (including phenoxy) is 2. The molecule has 1 aliphatic rings. The third kappa shape index (κ3) is 4.86. The molecule has 2 aromatic carbocycles. The minimum Gasteiger partial charge on any atom is -0.494 e. The second kappa shape index (κ2) is 10.7. The van der Waals surface area contributed by atoms with Crippen LogP contribution in [-0.4, -0.2) is 54.4 Å². The number of piperidine rings is 1. The SMILES string of the molecule is COc1cc(C#N)cc2[nH]c(-c3c(N)ncc(-c4cc(C)cc(F)c4)c3N3CCCC(OCCN)C3)nc12. The Morgan fingerprint density at radius 3 is 2.84 bits per heavy atom. The van der Waals surface area contributed by atoms with Crippen molar-refractivity contribution in [3.63, 3.8) is 0 Å². The van der Waals surface area contributed by atoms with Gasteiger partial charge in [-0.25, -0.2) is 14.4 Å². The number of rotatable bonds is 7. The minimum absolute atomic E-state index is 0.00871. The number of methoxy groups -OCH3 is 1. The minimum atomic E-state index is -0.329. The molecule has 10 heteroatoms. The highest BCUT2D eigenvalue weighted by Crippen LogP contribution is 2.43. The summed E-state index contributed by atoms with van der Waals surface area (Å²) >= 11 is 0. The molecule has 0 saturated carbocycles. The average Bonchev–Trinajstić information content (AvgIpc) is 3.34. The zero-order chi connectivity index (χ0) is 26.8. The summed E-state index contributed by atoms with van der Waals surface area (Å²) in [4.78, 5) is 14.8. The van der Waals surface area contributed by atoms with Gasteiger partial charge in [0.05, 0.1) is 48.2 Å². The van der Waals surface area contributed by atoms with Gasteiger partial charge in [-0.2, -0.15) is 5.26 Å². The number of imidazole rings is 1. The highest BCUT2D eigenvalue weighted by Gasteiger charge is 2.29. The molecule has 4 aromatic rings. The number of aryl methyl sites for hydroxylation is 1. The van der Waals surface area contributed by atoms with Crippen molar-refractivity contribution in [3.8, 4) is 34.3 Å². The zero-order valence-electron chi connectivity index (χ0n) is 21.4. The standard InChI is InChI=1S/C28H30FN7O2/c1-16-8-18(12-19(29)9-16)21-14-33-27(32)24(26(21)36-6-3-4-20(15-36)38-7-5-30)28-34-22-10-17(13-31)11-23(37-2)25(22)35-28/h8-12,14,20H,3-7,15,30H2,1-2H3,(H2,32,33)(H,34,35). The lowest BCUT2D eigenvalue weighted by Crippen LogP contribution is -2.41. The molecule has 0 bridgehead atoms. The fourth-order valence-electron chi connectivity index (χ4n) is 5.12. The van der Waals surface area contributed by atoms with Crippen LogP contribution in [0, 0.1) is 24.1 Å². The number of H-pyrrole nitrogens is 1. The molecule has 1 aliphatic heterocycles. The van der Waals surface area contributed by atoms with Gasteiger partial charge in [0.1, 0.15) is 28.7 Å². The Morgan fingerprint density at radius 1 is 1.26 bits per heavy atom. The number of halogens is 1. The highest BCUT2D eigenvalue weighted by atomic mass is 19.1. The van der Waals surface area contributed by atoms with Gasteiger partial charge in [-0.3, -0.25) is 0 Å². The van der Waals surface area contributed by atoms with E-state index in [1.165, 1.54) is 19.2 Å². The summed E-state index contributed by atoms with van der Waals surface area (Å²) in [5, 5.41) is 9.47. The molecule has 5 rings (SSSR count). The van der Waals surface area contributed by atoms with Crippen LogP contribution < -0.4 is 21.1 Å². The quantitative estimate of drug-likeness (QED) is 0.334. The lowest BCUT2D eigenvalue weighted by Gasteiger charge is -2.36. The molecule has 0 radical (unpaired) electrons. The number of aromatic nitrogens is 3. The van der Waals surface area contributed by atoms with E-state index in [0.29, 0.717) is 59.0 Å². The first-order valence-corrected chi connectivity index (χ1v) is 12.5. The number of nitrogens with zero attached hydrogens (tertiary/aromatic N) is 4. The molecule has 9 nitrogen and oxygen atoms in total. The number of nitrogen functional groups attached to an aromatic ring is 1. The predicted molar refractivity (Wildman–Crippen MR) is 145 cm³/mol. The third-order valence-electron chi connectivity index (χ3n) is 6.74. The van der Waals surface area contributed by atoms with Gasteiger partial charge in [-0.15, -0.1) is 0 Å². The molecule has 1 saturated heterocycles. The Kier molecular flexibility index (Phi) is 7.13. The molecule has 2 aromatic heterocycles. The van der Waals surface area contributed by atoms with E-state index in [9.17, 15) is 9.65 Å². The van der Waals surface area contributed by atoms with Crippen LogP contribution in [0.1, 0.15) is 24.0 Å². The molecule has 38 heavy (non-hydrogen) atoms. The fourth-order valence-corrected chi connectivity index (χ4v) is 5.12. The summed E-state index contributed by atoms with van der Waals surface area (Å²) in [7, 11) is 1.54. The van der Waals surface area contributed by atoms with E-state index in [1.54, 1.807) is 18.3 Å². The van der Waals surface area contributed by atoms with Gasteiger partial charge in [0.25, 0.3) is 0 Å². The van der Waals surface area contributed by atoms with Crippen molar-refractivity contribution in [2.24, 2.45) is 5.73 Å². The number of nitriles is 1. The van der Waals surface area contributed by atoms with Crippen molar-refractivity contribution in [1.82, 2.24) is 15.0 Å². The summed E-state index contributed by atoms with van der Waals surface area (Å²) in [6.07, 6.45) is 3.49. The number of anilines is 2. The van der Waals surface area contributed by atoms with E-state index >= 15 is 0 Å². The summed E-state index contributed by atoms with van der Waals surface area (Å²) in [6.45, 7) is 4.14. The number of benzene rings is 2. The fraction of sp³-hybridized carbons (Fsp3) is 0.321. The first-order chi connectivity index (χ1) is 18.4. The first kappa shape index (κ1) is 25.4. The number of fused-ring (bicyclic) bond motifs is 1. The summed E-state index contributed by atoms with van der Waals surface area (Å²) in [5.74, 6) is 0.901. The average molecular weight is 516 g/mol. The molecule has 1 atom stereocenters. The molecule has 0 amide bonds. The second-order valence-electron chi connectivity index (χ2n) is 9.44. The van der Waals surface area contributed by atoms with E-state index in [-0.39, 0.29) is 17.7 Å². The molecule has 1 unspecified atom stereocenters. The Balaban J connectivity index is 1.74. The van der Waals surface area contributed by atoms with Crippen LogP contribution in [0.25, 0.3) is 33.5 Å². The zero-order valence-corrected chi connectivity index (χ0v) is 21.4. The number of hydrogen-bond acceptors (Lipinski definition) is 8. The first-order valence-electron chi connectivity index (χ1n) is 12.5. The third-order valence-corrected chi connectivity index (χ3v) is 6.74. The van der Waals surface area contributed by atoms with Crippen LogP contribution in [0.5, 0.6) is 5.75 Å². The van der Waals surface area contributed by atoms with Crippen molar-refractivity contribution in [2.75, 3.05) is 44.0 Å². The van der Waals surface area contributed by atoms with Gasteiger partial charge >= 0.3 is 0 Å². The van der Waals surface area contributed by atoms with E-state index < -0.39 is 0 Å². The van der Waals surface area contributed by atoms with Crippen molar-refractivity contribution in [2.45, 2.75) is 25.9 Å². The van der Waals surface area contributed by atoms with Crippen LogP contribution in [0.3, 0.4) is 0 Å². The topological polar surface area (TPSA) is 139 Å². The maximum absolute atomic E-state index is 14.5. The van der Waals surface area contributed by atoms with Gasteiger partial charge < -0.3 is 30.8 Å².